The number of carbonyl (C=O) groups is 1. The third kappa shape index (κ3) is 10.4. The lowest BCUT2D eigenvalue weighted by molar-refractivity contribution is 0.213. The summed E-state index contributed by atoms with van der Waals surface area (Å²) >= 11 is 0. The van der Waals surface area contributed by atoms with E-state index in [-0.39, 0.29) is 0 Å². The summed E-state index contributed by atoms with van der Waals surface area (Å²) in [6.45, 7) is 0. The summed E-state index contributed by atoms with van der Waals surface area (Å²) in [5, 5.41) is 0. The SMILES string of the molecule is CS(=O)(=O)OC(N)=O.c1ccncc1. The molecule has 0 radical (unpaired) electrons. The summed E-state index contributed by atoms with van der Waals surface area (Å²) in [4.78, 5) is 13.4. The maximum Gasteiger partial charge on any atom is 0.420 e. The molecule has 0 saturated carbocycles. The van der Waals surface area contributed by atoms with Crippen LogP contribution in [0.25, 0.3) is 0 Å². The van der Waals surface area contributed by atoms with Crippen molar-refractivity contribution in [3.05, 3.63) is 30.6 Å². The van der Waals surface area contributed by atoms with Crippen molar-refractivity contribution in [1.82, 2.24) is 4.98 Å². The Kier molecular flexibility index (Phi) is 5.23. The van der Waals surface area contributed by atoms with Crippen molar-refractivity contribution in [2.75, 3.05) is 6.26 Å². The molecule has 1 amide bonds. The minimum atomic E-state index is -3.70. The van der Waals surface area contributed by atoms with E-state index >= 15 is 0 Å². The largest absolute Gasteiger partial charge is 0.420 e. The van der Waals surface area contributed by atoms with Crippen molar-refractivity contribution >= 4 is 16.2 Å². The highest BCUT2D eigenvalue weighted by Gasteiger charge is 2.03. The molecule has 0 atom stereocenters. The summed E-state index contributed by atoms with van der Waals surface area (Å²) < 4.78 is 23.4. The van der Waals surface area contributed by atoms with Crippen molar-refractivity contribution in [2.45, 2.75) is 0 Å². The van der Waals surface area contributed by atoms with Crippen LogP contribution < -0.4 is 5.73 Å². The molecule has 6 nitrogen and oxygen atoms in total. The van der Waals surface area contributed by atoms with E-state index in [0.29, 0.717) is 0 Å². The Morgan fingerprint density at radius 1 is 1.29 bits per heavy atom. The Bertz CT molecular complexity index is 336. The first-order chi connectivity index (χ1) is 6.42. The van der Waals surface area contributed by atoms with Crippen LogP contribution in [-0.2, 0) is 14.3 Å². The Hall–Kier alpha value is -1.63. The predicted molar refractivity (Wildman–Crippen MR) is 49.7 cm³/mol. The molecule has 0 spiro atoms. The molecule has 1 aromatic heterocycles. The van der Waals surface area contributed by atoms with Gasteiger partial charge in [0.05, 0.1) is 6.26 Å². The van der Waals surface area contributed by atoms with Crippen molar-refractivity contribution in [2.24, 2.45) is 5.73 Å². The number of primary amides is 1. The summed E-state index contributed by atoms with van der Waals surface area (Å²) in [5.41, 5.74) is 4.34. The predicted octanol–water partition coefficient (Wildman–Crippen LogP) is 0.123. The van der Waals surface area contributed by atoms with E-state index < -0.39 is 16.2 Å². The fourth-order valence-corrected chi connectivity index (χ4v) is 0.760. The second-order valence-electron chi connectivity index (χ2n) is 2.13. The maximum absolute atomic E-state index is 9.92. The normalized spacial score (nSPS) is 9.50. The van der Waals surface area contributed by atoms with Crippen LogP contribution in [-0.4, -0.2) is 25.8 Å². The van der Waals surface area contributed by atoms with Gasteiger partial charge >= 0.3 is 16.2 Å². The van der Waals surface area contributed by atoms with Gasteiger partial charge in [0.25, 0.3) is 0 Å². The monoisotopic (exact) mass is 218 g/mol. The first-order valence-corrected chi connectivity index (χ1v) is 5.27. The van der Waals surface area contributed by atoms with E-state index in [1.165, 1.54) is 0 Å². The number of amides is 1. The van der Waals surface area contributed by atoms with Gasteiger partial charge in [0.15, 0.2) is 0 Å². The van der Waals surface area contributed by atoms with Gasteiger partial charge in [-0.2, -0.15) is 8.42 Å². The van der Waals surface area contributed by atoms with E-state index in [2.05, 4.69) is 14.9 Å². The number of nitrogens with two attached hydrogens (primary N) is 1. The molecule has 2 N–H and O–H groups in total. The molecule has 0 saturated heterocycles. The van der Waals surface area contributed by atoms with Gasteiger partial charge in [-0.3, -0.25) is 4.98 Å². The summed E-state index contributed by atoms with van der Waals surface area (Å²) in [6.07, 6.45) is 2.92. The Labute approximate surface area is 81.8 Å². The van der Waals surface area contributed by atoms with Gasteiger partial charge in [0.2, 0.25) is 0 Å². The zero-order valence-corrected chi connectivity index (χ0v) is 8.27. The molecule has 0 fully saturated rings. The van der Waals surface area contributed by atoms with Gasteiger partial charge < -0.3 is 9.92 Å². The van der Waals surface area contributed by atoms with Gasteiger partial charge in [0.1, 0.15) is 0 Å². The van der Waals surface area contributed by atoms with Crippen LogP contribution >= 0.6 is 0 Å². The summed E-state index contributed by atoms with van der Waals surface area (Å²) in [5.74, 6) is 0. The third-order valence-corrected chi connectivity index (χ3v) is 1.27. The van der Waals surface area contributed by atoms with Crippen molar-refractivity contribution < 1.29 is 17.4 Å². The zero-order chi connectivity index (χ0) is 11.0. The molecule has 0 unspecified atom stereocenters. The molecular weight excluding hydrogens is 208 g/mol. The Balaban J connectivity index is 0.000000249. The van der Waals surface area contributed by atoms with Crippen LogP contribution in [0.3, 0.4) is 0 Å². The number of carbonyl (C=O) groups excluding carboxylic acids is 1. The third-order valence-electron chi connectivity index (χ3n) is 0.800. The average molecular weight is 218 g/mol. The first-order valence-electron chi connectivity index (χ1n) is 3.45. The molecule has 0 aliphatic rings. The fourth-order valence-electron chi connectivity index (χ4n) is 0.462. The highest BCUT2D eigenvalue weighted by Crippen LogP contribution is 1.82. The summed E-state index contributed by atoms with van der Waals surface area (Å²) in [7, 11) is -3.70. The van der Waals surface area contributed by atoms with E-state index in [9.17, 15) is 13.2 Å². The van der Waals surface area contributed by atoms with E-state index in [1.54, 1.807) is 12.4 Å². The highest BCUT2D eigenvalue weighted by molar-refractivity contribution is 7.86. The van der Waals surface area contributed by atoms with E-state index in [4.69, 9.17) is 0 Å². The molecule has 14 heavy (non-hydrogen) atoms. The van der Waals surface area contributed by atoms with E-state index in [0.717, 1.165) is 6.26 Å². The number of hydrogen-bond donors (Lipinski definition) is 1. The number of rotatable bonds is 1. The lowest BCUT2D eigenvalue weighted by atomic mass is 10.5. The molecule has 1 aromatic rings. The van der Waals surface area contributed by atoms with Gasteiger partial charge in [0, 0.05) is 12.4 Å². The average Bonchev–Trinajstić information content (AvgIpc) is 2.03. The minimum absolute atomic E-state index is 0.734. The molecule has 0 aliphatic heterocycles. The van der Waals surface area contributed by atoms with Gasteiger partial charge in [-0.05, 0) is 12.1 Å². The van der Waals surface area contributed by atoms with Crippen molar-refractivity contribution in [3.63, 3.8) is 0 Å². The molecule has 0 aliphatic carbocycles. The number of aromatic nitrogens is 1. The molecular formula is C7H10N2O4S. The van der Waals surface area contributed by atoms with Crippen LogP contribution in [0.5, 0.6) is 0 Å². The Morgan fingerprint density at radius 3 is 1.86 bits per heavy atom. The van der Waals surface area contributed by atoms with Crippen LogP contribution in [0.15, 0.2) is 30.6 Å². The van der Waals surface area contributed by atoms with Crippen LogP contribution in [0, 0.1) is 0 Å². The second-order valence-corrected chi connectivity index (χ2v) is 3.71. The number of hydrogen-bond acceptors (Lipinski definition) is 5. The van der Waals surface area contributed by atoms with Crippen molar-refractivity contribution in [3.8, 4) is 0 Å². The standard InChI is InChI=1S/C5H5N.C2H5NO4S/c1-2-4-6-5-3-1;1-8(5,6)7-2(3)4/h1-5H;1H3,(H2,3,4). The lowest BCUT2D eigenvalue weighted by Crippen LogP contribution is -2.17. The summed E-state index contributed by atoms with van der Waals surface area (Å²) in [6, 6.07) is 5.72. The molecule has 0 aromatic carbocycles. The molecule has 0 bridgehead atoms. The van der Waals surface area contributed by atoms with Gasteiger partial charge in [-0.15, -0.1) is 0 Å². The van der Waals surface area contributed by atoms with Gasteiger partial charge in [-0.1, -0.05) is 6.07 Å². The minimum Gasteiger partial charge on any atom is -0.334 e. The second kappa shape index (κ2) is 5.92. The van der Waals surface area contributed by atoms with E-state index in [1.807, 2.05) is 18.2 Å². The zero-order valence-electron chi connectivity index (χ0n) is 7.45. The molecule has 1 heterocycles. The molecule has 1 rings (SSSR count). The molecule has 78 valence electrons. The quantitative estimate of drug-likeness (QED) is 0.675. The first kappa shape index (κ1) is 12.4. The Morgan fingerprint density at radius 2 is 1.79 bits per heavy atom. The molecule has 7 heteroatoms. The maximum atomic E-state index is 9.92. The van der Waals surface area contributed by atoms with Gasteiger partial charge in [-0.25, -0.2) is 4.79 Å². The lowest BCUT2D eigenvalue weighted by Gasteiger charge is -1.91. The van der Waals surface area contributed by atoms with Crippen LogP contribution in [0.2, 0.25) is 0 Å². The highest BCUT2D eigenvalue weighted by atomic mass is 32.2. The van der Waals surface area contributed by atoms with Crippen LogP contribution in [0.4, 0.5) is 4.79 Å². The number of nitrogens with zero attached hydrogens (tertiary/aromatic N) is 1. The smallest absolute Gasteiger partial charge is 0.334 e. The topological polar surface area (TPSA) is 99.4 Å². The fraction of sp³-hybridized carbons (Fsp3) is 0.143. The van der Waals surface area contributed by atoms with Crippen molar-refractivity contribution in [1.29, 1.82) is 0 Å². The van der Waals surface area contributed by atoms with Crippen LogP contribution in [0.1, 0.15) is 0 Å². The number of pyridine rings is 1.